The molecule has 0 saturated carbocycles. The molecule has 2 atom stereocenters. The van der Waals surface area contributed by atoms with Gasteiger partial charge in [0.05, 0.1) is 12.7 Å². The highest BCUT2D eigenvalue weighted by Gasteiger charge is 2.26. The first-order chi connectivity index (χ1) is 10.6. The maximum absolute atomic E-state index is 10.4. The summed E-state index contributed by atoms with van der Waals surface area (Å²) in [5, 5.41) is 11.0. The Morgan fingerprint density at radius 3 is 2.95 bits per heavy atom. The van der Waals surface area contributed by atoms with Crippen LogP contribution in [0.3, 0.4) is 0 Å². The molecule has 0 radical (unpaired) electrons. The molecule has 1 aromatic heterocycles. The molecule has 0 amide bonds. The normalized spacial score (nSPS) is 21.0. The Morgan fingerprint density at radius 1 is 1.36 bits per heavy atom. The molecule has 2 unspecified atom stereocenters. The van der Waals surface area contributed by atoms with Gasteiger partial charge in [-0.3, -0.25) is 4.90 Å². The smallest absolute Gasteiger partial charge is 0.134 e. The van der Waals surface area contributed by atoms with Crippen molar-refractivity contribution in [2.45, 2.75) is 19.1 Å². The average Bonchev–Trinajstić information content (AvgIpc) is 2.94. The van der Waals surface area contributed by atoms with Gasteiger partial charge in [0.1, 0.15) is 17.6 Å². The Hall–Kier alpha value is -1.33. The number of β-amino-alcohol motifs (C(OH)–C–C–N with tert-alkyl or cyclic N) is 1. The number of furan rings is 1. The van der Waals surface area contributed by atoms with Crippen LogP contribution in [0.2, 0.25) is 5.02 Å². The fourth-order valence-corrected chi connectivity index (χ4v) is 2.93. The molecule has 3 rings (SSSR count). The summed E-state index contributed by atoms with van der Waals surface area (Å²) in [6, 6.07) is 11.3. The molecule has 1 aliphatic heterocycles. The summed E-state index contributed by atoms with van der Waals surface area (Å²) in [7, 11) is 0. The predicted molar refractivity (Wildman–Crippen MR) is 85.0 cm³/mol. The molecule has 118 valence electrons. The van der Waals surface area contributed by atoms with Crippen LogP contribution in [0.1, 0.15) is 29.3 Å². The minimum absolute atomic E-state index is 0.0750. The summed E-state index contributed by atoms with van der Waals surface area (Å²) in [5.74, 6) is 1.73. The second kappa shape index (κ2) is 6.84. The van der Waals surface area contributed by atoms with E-state index in [1.807, 2.05) is 37.3 Å². The fraction of sp³-hybridized carbons (Fsp3) is 0.412. The summed E-state index contributed by atoms with van der Waals surface area (Å²) in [6.07, 6.45) is -0.634. The Morgan fingerprint density at radius 2 is 2.23 bits per heavy atom. The highest BCUT2D eigenvalue weighted by Crippen LogP contribution is 2.26. The zero-order chi connectivity index (χ0) is 15.5. The van der Waals surface area contributed by atoms with E-state index in [-0.39, 0.29) is 6.10 Å². The number of hydrogen-bond acceptors (Lipinski definition) is 4. The molecule has 0 aliphatic carbocycles. The van der Waals surface area contributed by atoms with Gasteiger partial charge in [-0.25, -0.2) is 0 Å². The van der Waals surface area contributed by atoms with Gasteiger partial charge in [0, 0.05) is 24.7 Å². The van der Waals surface area contributed by atoms with Crippen molar-refractivity contribution in [1.29, 1.82) is 0 Å². The molecule has 1 fully saturated rings. The SMILES string of the molecule is Cc1ccc(C2CN(CC(O)c3cccc(Cl)c3)CCO2)o1. The van der Waals surface area contributed by atoms with Crippen LogP contribution >= 0.6 is 11.6 Å². The highest BCUT2D eigenvalue weighted by molar-refractivity contribution is 6.30. The number of ether oxygens (including phenoxy) is 1. The molecule has 0 spiro atoms. The van der Waals surface area contributed by atoms with Crippen molar-refractivity contribution in [2.75, 3.05) is 26.2 Å². The van der Waals surface area contributed by atoms with Gasteiger partial charge in [0.15, 0.2) is 0 Å². The summed E-state index contributed by atoms with van der Waals surface area (Å²) in [5.41, 5.74) is 0.837. The number of rotatable bonds is 4. The lowest BCUT2D eigenvalue weighted by atomic mass is 10.1. The van der Waals surface area contributed by atoms with E-state index in [2.05, 4.69) is 4.90 Å². The lowest BCUT2D eigenvalue weighted by Gasteiger charge is -2.33. The first-order valence-electron chi connectivity index (χ1n) is 7.45. The van der Waals surface area contributed by atoms with Crippen molar-refractivity contribution < 1.29 is 14.3 Å². The third-order valence-corrected chi connectivity index (χ3v) is 4.13. The molecule has 22 heavy (non-hydrogen) atoms. The van der Waals surface area contributed by atoms with Crippen molar-refractivity contribution >= 4 is 11.6 Å². The summed E-state index contributed by atoms with van der Waals surface area (Å²) < 4.78 is 11.4. The van der Waals surface area contributed by atoms with E-state index in [0.717, 1.165) is 23.6 Å². The van der Waals surface area contributed by atoms with Crippen LogP contribution in [0.5, 0.6) is 0 Å². The largest absolute Gasteiger partial charge is 0.464 e. The number of morpholine rings is 1. The Kier molecular flexibility index (Phi) is 4.84. The van der Waals surface area contributed by atoms with Crippen molar-refractivity contribution in [2.24, 2.45) is 0 Å². The Bertz CT molecular complexity index is 628. The van der Waals surface area contributed by atoms with E-state index in [1.165, 1.54) is 0 Å². The summed E-state index contributed by atoms with van der Waals surface area (Å²) in [6.45, 7) is 4.62. The quantitative estimate of drug-likeness (QED) is 0.938. The van der Waals surface area contributed by atoms with E-state index < -0.39 is 6.10 Å². The number of halogens is 1. The van der Waals surface area contributed by atoms with Gasteiger partial charge in [-0.15, -0.1) is 0 Å². The van der Waals surface area contributed by atoms with Crippen LogP contribution < -0.4 is 0 Å². The monoisotopic (exact) mass is 321 g/mol. The number of aliphatic hydroxyl groups excluding tert-OH is 1. The van der Waals surface area contributed by atoms with Gasteiger partial charge < -0.3 is 14.3 Å². The van der Waals surface area contributed by atoms with Gasteiger partial charge in [-0.05, 0) is 36.8 Å². The number of benzene rings is 1. The molecule has 1 saturated heterocycles. The number of aryl methyl sites for hydroxylation is 1. The second-order valence-electron chi connectivity index (χ2n) is 5.64. The third kappa shape index (κ3) is 3.70. The van der Waals surface area contributed by atoms with Crippen molar-refractivity contribution in [1.82, 2.24) is 4.90 Å². The van der Waals surface area contributed by atoms with Crippen LogP contribution in [0.4, 0.5) is 0 Å². The third-order valence-electron chi connectivity index (χ3n) is 3.89. The predicted octanol–water partition coefficient (Wildman–Crippen LogP) is 3.35. The molecular weight excluding hydrogens is 302 g/mol. The topological polar surface area (TPSA) is 45.8 Å². The van der Waals surface area contributed by atoms with E-state index in [9.17, 15) is 5.11 Å². The van der Waals surface area contributed by atoms with Crippen LogP contribution in [0.15, 0.2) is 40.8 Å². The second-order valence-corrected chi connectivity index (χ2v) is 6.07. The molecule has 4 nitrogen and oxygen atoms in total. The Balaban J connectivity index is 1.62. The Labute approximate surface area is 135 Å². The van der Waals surface area contributed by atoms with Gasteiger partial charge in [-0.1, -0.05) is 23.7 Å². The lowest BCUT2D eigenvalue weighted by molar-refractivity contribution is -0.0513. The van der Waals surface area contributed by atoms with E-state index >= 15 is 0 Å². The van der Waals surface area contributed by atoms with E-state index in [1.54, 1.807) is 6.07 Å². The maximum atomic E-state index is 10.4. The standard InChI is InChI=1S/C17H20ClNO3/c1-12-5-6-16(22-12)17-11-19(7-8-21-17)10-15(20)13-3-2-4-14(18)9-13/h2-6,9,15,17,20H,7-8,10-11H2,1H3. The average molecular weight is 322 g/mol. The summed E-state index contributed by atoms with van der Waals surface area (Å²) in [4.78, 5) is 2.19. The lowest BCUT2D eigenvalue weighted by Crippen LogP contribution is -2.40. The minimum Gasteiger partial charge on any atom is -0.464 e. The first-order valence-corrected chi connectivity index (χ1v) is 7.83. The van der Waals surface area contributed by atoms with Crippen LogP contribution in [-0.2, 0) is 4.74 Å². The van der Waals surface area contributed by atoms with Crippen LogP contribution in [0, 0.1) is 6.92 Å². The number of hydrogen-bond donors (Lipinski definition) is 1. The van der Waals surface area contributed by atoms with Crippen molar-refractivity contribution in [3.63, 3.8) is 0 Å². The van der Waals surface area contributed by atoms with Gasteiger partial charge in [0.25, 0.3) is 0 Å². The molecule has 1 N–H and O–H groups in total. The number of aliphatic hydroxyl groups is 1. The first kappa shape index (κ1) is 15.6. The van der Waals surface area contributed by atoms with Crippen LogP contribution in [-0.4, -0.2) is 36.2 Å². The van der Waals surface area contributed by atoms with Gasteiger partial charge >= 0.3 is 0 Å². The zero-order valence-corrected chi connectivity index (χ0v) is 13.3. The molecule has 1 aromatic carbocycles. The fourth-order valence-electron chi connectivity index (χ4n) is 2.73. The van der Waals surface area contributed by atoms with Crippen molar-refractivity contribution in [3.8, 4) is 0 Å². The molecule has 2 aromatic rings. The molecule has 0 bridgehead atoms. The number of nitrogens with zero attached hydrogens (tertiary/aromatic N) is 1. The maximum Gasteiger partial charge on any atom is 0.134 e. The van der Waals surface area contributed by atoms with E-state index in [0.29, 0.717) is 24.7 Å². The molecule has 5 heteroatoms. The summed E-state index contributed by atoms with van der Waals surface area (Å²) >= 11 is 5.98. The highest BCUT2D eigenvalue weighted by atomic mass is 35.5. The van der Waals surface area contributed by atoms with Gasteiger partial charge in [0.2, 0.25) is 0 Å². The molecular formula is C17H20ClNO3. The minimum atomic E-state index is -0.559. The van der Waals surface area contributed by atoms with Gasteiger partial charge in [-0.2, -0.15) is 0 Å². The van der Waals surface area contributed by atoms with Crippen molar-refractivity contribution in [3.05, 3.63) is 58.5 Å². The zero-order valence-electron chi connectivity index (χ0n) is 12.5. The van der Waals surface area contributed by atoms with E-state index in [4.69, 9.17) is 20.8 Å². The molecule has 2 heterocycles. The van der Waals surface area contributed by atoms with Crippen LogP contribution in [0.25, 0.3) is 0 Å². The molecule has 1 aliphatic rings.